The van der Waals surface area contributed by atoms with Gasteiger partial charge < -0.3 is 14.9 Å². The van der Waals surface area contributed by atoms with Gasteiger partial charge in [-0.25, -0.2) is 0 Å². The number of β-amino-alcohol motifs (C(OH)–C–C–N with tert-alkyl or cyclic N) is 1. The summed E-state index contributed by atoms with van der Waals surface area (Å²) in [6.07, 6.45) is 0.206. The van der Waals surface area contributed by atoms with Crippen molar-refractivity contribution in [3.05, 3.63) is 69.9 Å². The Morgan fingerprint density at radius 2 is 1.68 bits per heavy atom. The summed E-state index contributed by atoms with van der Waals surface area (Å²) in [5.74, 6) is 0.0699. The summed E-state index contributed by atoms with van der Waals surface area (Å²) in [5.41, 5.74) is 7.89. The van der Waals surface area contributed by atoms with Crippen molar-refractivity contribution in [3.8, 4) is 11.3 Å². The average molecular weight is 522 g/mol. The Hall–Kier alpha value is -2.87. The van der Waals surface area contributed by atoms with Crippen LogP contribution in [0.2, 0.25) is 5.02 Å². The van der Waals surface area contributed by atoms with Gasteiger partial charge in [0.15, 0.2) is 0 Å². The Morgan fingerprint density at radius 1 is 1.00 bits per heavy atom. The highest BCUT2D eigenvalue weighted by molar-refractivity contribution is 6.30. The minimum absolute atomic E-state index is 0.0699. The van der Waals surface area contributed by atoms with Crippen LogP contribution in [-0.2, 0) is 24.3 Å². The van der Waals surface area contributed by atoms with Crippen LogP contribution in [0.1, 0.15) is 29.3 Å². The van der Waals surface area contributed by atoms with Crippen LogP contribution >= 0.6 is 11.6 Å². The van der Waals surface area contributed by atoms with E-state index in [4.69, 9.17) is 16.7 Å². The fourth-order valence-electron chi connectivity index (χ4n) is 5.63. The first kappa shape index (κ1) is 25.8. The number of carbonyl (C=O) groups excluding carboxylic acids is 1. The second-order valence-corrected chi connectivity index (χ2v) is 10.9. The fourth-order valence-corrected chi connectivity index (χ4v) is 5.75. The predicted octanol–water partition coefficient (Wildman–Crippen LogP) is 3.91. The number of nitrogens with zero attached hydrogens (tertiary/aromatic N) is 5. The number of halogens is 1. The van der Waals surface area contributed by atoms with Crippen molar-refractivity contribution in [1.29, 1.82) is 0 Å². The van der Waals surface area contributed by atoms with E-state index >= 15 is 0 Å². The second-order valence-electron chi connectivity index (χ2n) is 10.4. The molecule has 0 radical (unpaired) electrons. The van der Waals surface area contributed by atoms with Gasteiger partial charge in [-0.1, -0.05) is 29.8 Å². The number of piperazine rings is 1. The van der Waals surface area contributed by atoms with Crippen LogP contribution in [0.5, 0.6) is 0 Å². The van der Waals surface area contributed by atoms with Crippen molar-refractivity contribution in [3.63, 3.8) is 0 Å². The van der Waals surface area contributed by atoms with E-state index in [-0.39, 0.29) is 5.91 Å². The number of aromatic nitrogens is 2. The number of anilines is 1. The first-order valence-corrected chi connectivity index (χ1v) is 13.5. The lowest BCUT2D eigenvalue weighted by atomic mass is 10.0. The largest absolute Gasteiger partial charge is 0.390 e. The number of aryl methyl sites for hydroxylation is 2. The van der Waals surface area contributed by atoms with E-state index in [0.717, 1.165) is 55.1 Å². The zero-order chi connectivity index (χ0) is 26.1. The zero-order valence-electron chi connectivity index (χ0n) is 22.0. The maximum Gasteiger partial charge on any atom is 0.219 e. The topological polar surface area (TPSA) is 64.8 Å². The lowest BCUT2D eigenvalue weighted by molar-refractivity contribution is -0.129. The van der Waals surface area contributed by atoms with Gasteiger partial charge in [0.1, 0.15) is 0 Å². The van der Waals surface area contributed by atoms with Crippen molar-refractivity contribution in [1.82, 2.24) is 19.6 Å². The molecular formula is C29H36ClN5O2. The molecule has 0 aliphatic carbocycles. The van der Waals surface area contributed by atoms with Crippen molar-refractivity contribution in [2.24, 2.45) is 0 Å². The summed E-state index contributed by atoms with van der Waals surface area (Å²) in [4.78, 5) is 18.7. The summed E-state index contributed by atoms with van der Waals surface area (Å²) < 4.78 is 1.97. The summed E-state index contributed by atoms with van der Waals surface area (Å²) in [6, 6.07) is 14.4. The molecule has 1 fully saturated rings. The van der Waals surface area contributed by atoms with Crippen LogP contribution < -0.4 is 4.90 Å². The first-order valence-electron chi connectivity index (χ1n) is 13.1. The molecule has 37 heavy (non-hydrogen) atoms. The van der Waals surface area contributed by atoms with E-state index < -0.39 is 6.10 Å². The highest BCUT2D eigenvalue weighted by Crippen LogP contribution is 2.31. The minimum Gasteiger partial charge on any atom is -0.390 e. The third kappa shape index (κ3) is 5.84. The highest BCUT2D eigenvalue weighted by Gasteiger charge is 2.28. The zero-order valence-corrected chi connectivity index (χ0v) is 22.7. The molecule has 5 rings (SSSR count). The molecule has 1 saturated heterocycles. The highest BCUT2D eigenvalue weighted by atomic mass is 35.5. The molecule has 196 valence electrons. The molecule has 1 N–H and O–H groups in total. The van der Waals surface area contributed by atoms with E-state index in [0.29, 0.717) is 31.2 Å². The lowest BCUT2D eigenvalue weighted by Gasteiger charge is -2.37. The molecule has 7 nitrogen and oxygen atoms in total. The van der Waals surface area contributed by atoms with Crippen LogP contribution in [0, 0.1) is 13.8 Å². The Kier molecular flexibility index (Phi) is 7.56. The number of carbonyl (C=O) groups is 1. The first-order chi connectivity index (χ1) is 17.8. The van der Waals surface area contributed by atoms with Crippen molar-refractivity contribution >= 4 is 23.2 Å². The Bertz CT molecular complexity index is 1240. The minimum atomic E-state index is -0.527. The van der Waals surface area contributed by atoms with Crippen molar-refractivity contribution in [2.75, 3.05) is 44.2 Å². The molecule has 8 heteroatoms. The van der Waals surface area contributed by atoms with Crippen LogP contribution in [0.4, 0.5) is 5.69 Å². The number of aliphatic hydroxyl groups is 1. The number of aliphatic hydroxyl groups excluding tert-OH is 1. The molecule has 2 aliphatic heterocycles. The van der Waals surface area contributed by atoms with Gasteiger partial charge in [-0.2, -0.15) is 5.10 Å². The third-order valence-electron chi connectivity index (χ3n) is 7.49. The molecule has 0 saturated carbocycles. The Morgan fingerprint density at radius 3 is 2.32 bits per heavy atom. The molecule has 3 heterocycles. The third-order valence-corrected chi connectivity index (χ3v) is 7.75. The maximum atomic E-state index is 12.1. The predicted molar refractivity (Wildman–Crippen MR) is 148 cm³/mol. The van der Waals surface area contributed by atoms with Crippen LogP contribution in [0.15, 0.2) is 42.5 Å². The Labute approximate surface area is 224 Å². The van der Waals surface area contributed by atoms with Gasteiger partial charge >= 0.3 is 0 Å². The lowest BCUT2D eigenvalue weighted by Crippen LogP contribution is -2.49. The molecule has 0 spiro atoms. The number of fused-ring (bicyclic) bond motifs is 1. The number of hydrogen-bond acceptors (Lipinski definition) is 5. The SMILES string of the molecule is CC(=O)N1CCc2c(c(-c3ccc(Cl)cc3)nn2CC(O)CN2CCN(c3cc(C)cc(C)c3)CC2)C1. The van der Waals surface area contributed by atoms with E-state index in [1.54, 1.807) is 6.92 Å². The van der Waals surface area contributed by atoms with Gasteiger partial charge in [-0.3, -0.25) is 14.4 Å². The standard InChI is InChI=1S/C29H36ClN5O2/c1-20-14-21(2)16-25(15-20)33-12-10-32(11-13-33)17-26(37)18-35-28-8-9-34(22(3)36)19-27(28)29(31-35)23-4-6-24(30)7-5-23/h4-7,14-16,26,37H,8-13,17-19H2,1-3H3. The summed E-state index contributed by atoms with van der Waals surface area (Å²) in [6.45, 7) is 11.9. The quantitative estimate of drug-likeness (QED) is 0.533. The summed E-state index contributed by atoms with van der Waals surface area (Å²) in [7, 11) is 0. The molecule has 1 unspecified atom stereocenters. The number of benzene rings is 2. The normalized spacial score (nSPS) is 17.1. The molecule has 3 aromatic rings. The molecule has 1 atom stereocenters. The maximum absolute atomic E-state index is 12.1. The van der Waals surface area contributed by atoms with Gasteiger partial charge in [0.25, 0.3) is 0 Å². The number of hydrogen-bond donors (Lipinski definition) is 1. The van der Waals surface area contributed by atoms with Gasteiger partial charge in [0.05, 0.1) is 18.3 Å². The van der Waals surface area contributed by atoms with Gasteiger partial charge in [-0.15, -0.1) is 0 Å². The van der Waals surface area contributed by atoms with Crippen LogP contribution in [0.3, 0.4) is 0 Å². The molecule has 0 bridgehead atoms. The molecule has 1 amide bonds. The molecule has 2 aliphatic rings. The van der Waals surface area contributed by atoms with E-state index in [1.165, 1.54) is 16.8 Å². The van der Waals surface area contributed by atoms with E-state index in [1.807, 2.05) is 33.8 Å². The molecule has 1 aromatic heterocycles. The van der Waals surface area contributed by atoms with Gasteiger partial charge in [0.2, 0.25) is 5.91 Å². The van der Waals surface area contributed by atoms with Crippen molar-refractivity contribution in [2.45, 2.75) is 46.4 Å². The van der Waals surface area contributed by atoms with Crippen molar-refractivity contribution < 1.29 is 9.90 Å². The fraction of sp³-hybridized carbons (Fsp3) is 0.448. The summed E-state index contributed by atoms with van der Waals surface area (Å²) >= 11 is 6.11. The van der Waals surface area contributed by atoms with Crippen LogP contribution in [0.25, 0.3) is 11.3 Å². The van der Waals surface area contributed by atoms with E-state index in [9.17, 15) is 9.90 Å². The van der Waals surface area contributed by atoms with E-state index in [2.05, 4.69) is 41.8 Å². The second kappa shape index (κ2) is 10.9. The number of amides is 1. The molecular weight excluding hydrogens is 486 g/mol. The average Bonchev–Trinajstić information content (AvgIpc) is 3.21. The monoisotopic (exact) mass is 521 g/mol. The Balaban J connectivity index is 1.27. The smallest absolute Gasteiger partial charge is 0.219 e. The van der Waals surface area contributed by atoms with Gasteiger partial charge in [0, 0.05) is 86.7 Å². The summed E-state index contributed by atoms with van der Waals surface area (Å²) in [5, 5.41) is 16.7. The van der Waals surface area contributed by atoms with Gasteiger partial charge in [-0.05, 0) is 49.2 Å². The number of rotatable bonds is 6. The van der Waals surface area contributed by atoms with Crippen LogP contribution in [-0.4, -0.2) is 76.0 Å². The molecule has 2 aromatic carbocycles.